The maximum atomic E-state index is 13.2. The summed E-state index contributed by atoms with van der Waals surface area (Å²) in [5, 5.41) is 0. The van der Waals surface area contributed by atoms with Gasteiger partial charge in [-0.3, -0.25) is 0 Å². The Morgan fingerprint density at radius 3 is 1.43 bits per heavy atom. The van der Waals surface area contributed by atoms with Gasteiger partial charge in [0, 0.05) is 23.8 Å². The summed E-state index contributed by atoms with van der Waals surface area (Å²) in [6.07, 6.45) is 3.23. The van der Waals surface area contributed by atoms with Crippen molar-refractivity contribution in [1.82, 2.24) is 9.97 Å². The van der Waals surface area contributed by atoms with Crippen molar-refractivity contribution in [3.8, 4) is 0 Å². The first kappa shape index (κ1) is 13.6. The third-order valence-corrected chi connectivity index (χ3v) is 3.73. The Morgan fingerprint density at radius 2 is 1.04 bits per heavy atom. The van der Waals surface area contributed by atoms with Crippen LogP contribution in [0.3, 0.4) is 0 Å². The highest BCUT2D eigenvalue weighted by Crippen LogP contribution is 2.40. The summed E-state index contributed by atoms with van der Waals surface area (Å²) in [4.78, 5) is 12.6. The van der Waals surface area contributed by atoms with E-state index in [-0.39, 0.29) is 11.6 Å². The van der Waals surface area contributed by atoms with Gasteiger partial charge in [0.1, 0.15) is 18.3 Å². The van der Waals surface area contributed by atoms with Crippen LogP contribution in [0.1, 0.15) is 0 Å². The van der Waals surface area contributed by atoms with E-state index in [9.17, 15) is 8.78 Å². The summed E-state index contributed by atoms with van der Waals surface area (Å²) in [5.41, 5.74) is 1.63. The van der Waals surface area contributed by atoms with Gasteiger partial charge >= 0.3 is 0 Å². The number of benzene rings is 2. The SMILES string of the molecule is Fc1ccc(N2CN(c3ccc(F)cc3)c3nccnc32)cc1. The summed E-state index contributed by atoms with van der Waals surface area (Å²) < 4.78 is 26.3. The van der Waals surface area contributed by atoms with E-state index in [1.165, 1.54) is 24.3 Å². The van der Waals surface area contributed by atoms with Crippen LogP contribution >= 0.6 is 0 Å². The van der Waals surface area contributed by atoms with Gasteiger partial charge in [0.2, 0.25) is 0 Å². The topological polar surface area (TPSA) is 32.3 Å². The molecule has 0 aliphatic carbocycles. The molecule has 2 heterocycles. The Hall–Kier alpha value is -3.02. The Bertz CT molecular complexity index is 763. The van der Waals surface area contributed by atoms with Crippen molar-refractivity contribution in [2.24, 2.45) is 0 Å². The molecular weight excluding hydrogens is 298 g/mol. The lowest BCUT2D eigenvalue weighted by molar-refractivity contribution is 0.627. The van der Waals surface area contributed by atoms with Crippen molar-refractivity contribution < 1.29 is 8.78 Å². The number of anilines is 4. The summed E-state index contributed by atoms with van der Waals surface area (Å²) in [6, 6.07) is 12.4. The molecule has 0 fully saturated rings. The molecule has 0 N–H and O–H groups in total. The van der Waals surface area contributed by atoms with Crippen LogP contribution in [0, 0.1) is 11.6 Å². The van der Waals surface area contributed by atoms with Crippen molar-refractivity contribution in [3.63, 3.8) is 0 Å². The Balaban J connectivity index is 1.77. The minimum Gasteiger partial charge on any atom is -0.305 e. The molecule has 0 spiro atoms. The molecule has 0 saturated carbocycles. The van der Waals surface area contributed by atoms with E-state index in [4.69, 9.17) is 0 Å². The van der Waals surface area contributed by atoms with E-state index in [0.29, 0.717) is 18.3 Å². The number of nitrogens with zero attached hydrogens (tertiary/aromatic N) is 4. The van der Waals surface area contributed by atoms with Crippen LogP contribution < -0.4 is 9.80 Å². The highest BCUT2D eigenvalue weighted by atomic mass is 19.1. The smallest absolute Gasteiger partial charge is 0.178 e. The minimum atomic E-state index is -0.289. The van der Waals surface area contributed by atoms with E-state index in [1.54, 1.807) is 36.7 Å². The summed E-state index contributed by atoms with van der Waals surface area (Å²) >= 11 is 0. The molecule has 23 heavy (non-hydrogen) atoms. The van der Waals surface area contributed by atoms with Crippen LogP contribution in [0.4, 0.5) is 31.8 Å². The predicted octanol–water partition coefficient (Wildman–Crippen LogP) is 4.00. The fourth-order valence-corrected chi connectivity index (χ4v) is 2.63. The van der Waals surface area contributed by atoms with Crippen molar-refractivity contribution >= 4 is 23.0 Å². The first-order valence-corrected chi connectivity index (χ1v) is 7.09. The minimum absolute atomic E-state index is 0.289. The van der Waals surface area contributed by atoms with Crippen LogP contribution in [-0.2, 0) is 0 Å². The van der Waals surface area contributed by atoms with Crippen LogP contribution in [0.2, 0.25) is 0 Å². The van der Waals surface area contributed by atoms with Crippen molar-refractivity contribution in [2.45, 2.75) is 0 Å². The molecule has 0 unspecified atom stereocenters. The number of hydrogen-bond acceptors (Lipinski definition) is 4. The van der Waals surface area contributed by atoms with Crippen LogP contribution in [-0.4, -0.2) is 16.6 Å². The first-order valence-electron chi connectivity index (χ1n) is 7.09. The first-order chi connectivity index (χ1) is 11.2. The lowest BCUT2D eigenvalue weighted by Gasteiger charge is -2.20. The van der Waals surface area contributed by atoms with Crippen molar-refractivity contribution in [1.29, 1.82) is 0 Å². The Labute approximate surface area is 131 Å². The van der Waals surface area contributed by atoms with E-state index in [0.717, 1.165) is 11.4 Å². The molecular formula is C17H12F2N4. The number of rotatable bonds is 2. The maximum absolute atomic E-state index is 13.2. The summed E-state index contributed by atoms with van der Waals surface area (Å²) in [6.45, 7) is 0.469. The second-order valence-electron chi connectivity index (χ2n) is 5.15. The zero-order chi connectivity index (χ0) is 15.8. The fraction of sp³-hybridized carbons (Fsp3) is 0.0588. The molecule has 1 aliphatic heterocycles. The molecule has 0 radical (unpaired) electrons. The van der Waals surface area contributed by atoms with Gasteiger partial charge in [0.05, 0.1) is 0 Å². The highest BCUT2D eigenvalue weighted by molar-refractivity contribution is 5.81. The summed E-state index contributed by atoms with van der Waals surface area (Å²) in [5.74, 6) is 0.789. The molecule has 6 heteroatoms. The van der Waals surface area contributed by atoms with Gasteiger partial charge in [-0.2, -0.15) is 0 Å². The quantitative estimate of drug-likeness (QED) is 0.716. The van der Waals surface area contributed by atoms with Crippen LogP contribution in [0.15, 0.2) is 60.9 Å². The zero-order valence-corrected chi connectivity index (χ0v) is 12.0. The zero-order valence-electron chi connectivity index (χ0n) is 12.0. The van der Waals surface area contributed by atoms with Gasteiger partial charge in [-0.15, -0.1) is 0 Å². The molecule has 1 aromatic heterocycles. The van der Waals surface area contributed by atoms with Crippen molar-refractivity contribution in [3.05, 3.63) is 72.6 Å². The maximum Gasteiger partial charge on any atom is 0.178 e. The third-order valence-electron chi connectivity index (χ3n) is 3.73. The molecule has 0 amide bonds. The molecule has 3 aromatic rings. The average Bonchev–Trinajstić information content (AvgIpc) is 2.96. The monoisotopic (exact) mass is 310 g/mol. The van der Waals surface area contributed by atoms with Gasteiger partial charge < -0.3 is 9.80 Å². The largest absolute Gasteiger partial charge is 0.305 e. The number of fused-ring (bicyclic) bond motifs is 1. The Kier molecular flexibility index (Phi) is 3.15. The summed E-state index contributed by atoms with van der Waals surface area (Å²) in [7, 11) is 0. The van der Waals surface area contributed by atoms with Gasteiger partial charge in [0.25, 0.3) is 0 Å². The van der Waals surface area contributed by atoms with Gasteiger partial charge in [0.15, 0.2) is 11.6 Å². The fourth-order valence-electron chi connectivity index (χ4n) is 2.63. The average molecular weight is 310 g/mol. The standard InChI is InChI=1S/C17H12F2N4/c18-12-1-5-14(6-2-12)22-11-23(15-7-3-13(19)4-8-15)17-16(22)20-9-10-21-17/h1-10H,11H2. The molecule has 0 saturated heterocycles. The molecule has 4 nitrogen and oxygen atoms in total. The lowest BCUT2D eigenvalue weighted by Crippen LogP contribution is -2.24. The van der Waals surface area contributed by atoms with Crippen LogP contribution in [0.25, 0.3) is 0 Å². The molecule has 0 bridgehead atoms. The lowest BCUT2D eigenvalue weighted by atomic mass is 10.3. The molecule has 0 atom stereocenters. The number of aromatic nitrogens is 2. The van der Waals surface area contributed by atoms with Crippen LogP contribution in [0.5, 0.6) is 0 Å². The van der Waals surface area contributed by atoms with E-state index >= 15 is 0 Å². The van der Waals surface area contributed by atoms with Gasteiger partial charge in [-0.1, -0.05) is 0 Å². The second-order valence-corrected chi connectivity index (χ2v) is 5.15. The normalized spacial score (nSPS) is 13.3. The van der Waals surface area contributed by atoms with Gasteiger partial charge in [-0.05, 0) is 48.5 Å². The molecule has 114 valence electrons. The Morgan fingerprint density at radius 1 is 0.652 bits per heavy atom. The molecule has 4 rings (SSSR count). The number of hydrogen-bond donors (Lipinski definition) is 0. The predicted molar refractivity (Wildman–Crippen MR) is 84.0 cm³/mol. The number of halogens is 2. The third kappa shape index (κ3) is 2.38. The molecule has 1 aliphatic rings. The van der Waals surface area contributed by atoms with E-state index in [1.807, 2.05) is 9.80 Å². The van der Waals surface area contributed by atoms with E-state index in [2.05, 4.69) is 9.97 Å². The van der Waals surface area contributed by atoms with E-state index < -0.39 is 0 Å². The highest BCUT2D eigenvalue weighted by Gasteiger charge is 2.30. The second kappa shape index (κ2) is 5.31. The molecule has 2 aromatic carbocycles. The van der Waals surface area contributed by atoms with Crippen molar-refractivity contribution in [2.75, 3.05) is 16.5 Å². The van der Waals surface area contributed by atoms with Gasteiger partial charge in [-0.25, -0.2) is 18.7 Å².